The smallest absolute Gasteiger partial charge is 0.320 e. The predicted molar refractivity (Wildman–Crippen MR) is 94.9 cm³/mol. The summed E-state index contributed by atoms with van der Waals surface area (Å²) in [7, 11) is 0. The van der Waals surface area contributed by atoms with Gasteiger partial charge in [0, 0.05) is 37.1 Å². The van der Waals surface area contributed by atoms with E-state index in [4.69, 9.17) is 0 Å². The first-order chi connectivity index (χ1) is 12.5. The second kappa shape index (κ2) is 5.43. The minimum atomic E-state index is -1.24. The van der Waals surface area contributed by atoms with Gasteiger partial charge in [0.05, 0.1) is 24.8 Å². The molecule has 0 saturated carbocycles. The molecule has 0 radical (unpaired) electrons. The largest absolute Gasteiger partial charge is 0.345 e. The molecular weight excluding hydrogens is 335 g/mol. The monoisotopic (exact) mass is 356 g/mol. The molecule has 2 saturated heterocycles. The van der Waals surface area contributed by atoms with Crippen molar-refractivity contribution in [1.29, 1.82) is 0 Å². The molecule has 8 heteroatoms. The van der Waals surface area contributed by atoms with Crippen LogP contribution in [0.5, 0.6) is 0 Å². The second-order valence-electron chi connectivity index (χ2n) is 7.68. The Hall–Kier alpha value is -2.64. The molecule has 0 aromatic carbocycles. The van der Waals surface area contributed by atoms with Crippen LogP contribution in [-0.2, 0) is 0 Å². The van der Waals surface area contributed by atoms with Crippen molar-refractivity contribution in [2.75, 3.05) is 26.2 Å². The van der Waals surface area contributed by atoms with Crippen molar-refractivity contribution in [2.24, 2.45) is 0 Å². The van der Waals surface area contributed by atoms with Crippen LogP contribution in [0.15, 0.2) is 24.7 Å². The molecule has 136 valence electrons. The number of aromatic nitrogens is 4. The molecule has 1 atom stereocenters. The lowest BCUT2D eigenvalue weighted by Crippen LogP contribution is -2.62. The Morgan fingerprint density at radius 3 is 2.96 bits per heavy atom. The van der Waals surface area contributed by atoms with Crippen molar-refractivity contribution < 1.29 is 9.18 Å². The summed E-state index contributed by atoms with van der Waals surface area (Å²) in [6, 6.07) is 1.95. The van der Waals surface area contributed by atoms with Crippen LogP contribution in [0.3, 0.4) is 0 Å². The number of H-pyrrole nitrogens is 1. The predicted octanol–water partition coefficient (Wildman–Crippen LogP) is 2.55. The van der Waals surface area contributed by atoms with E-state index < -0.39 is 5.67 Å². The molecule has 3 aromatic heterocycles. The Morgan fingerprint density at radius 2 is 2.15 bits per heavy atom. The molecule has 2 aliphatic heterocycles. The minimum absolute atomic E-state index is 0.0490. The number of urea groups is 1. The van der Waals surface area contributed by atoms with Gasteiger partial charge in [0.1, 0.15) is 5.67 Å². The first-order valence-corrected chi connectivity index (χ1v) is 9.04. The van der Waals surface area contributed by atoms with Crippen LogP contribution in [-0.4, -0.2) is 67.0 Å². The van der Waals surface area contributed by atoms with E-state index in [1.807, 2.05) is 23.4 Å². The van der Waals surface area contributed by atoms with Crippen LogP contribution >= 0.6 is 0 Å². The Bertz CT molecular complexity index is 984. The summed E-state index contributed by atoms with van der Waals surface area (Å²) in [6.07, 6.45) is 7.47. The third kappa shape index (κ3) is 2.35. The maximum Gasteiger partial charge on any atom is 0.320 e. The number of likely N-dealkylation sites (tertiary alicyclic amines) is 2. The van der Waals surface area contributed by atoms with Crippen molar-refractivity contribution in [3.63, 3.8) is 0 Å². The third-order valence-corrected chi connectivity index (χ3v) is 5.49. The van der Waals surface area contributed by atoms with Crippen molar-refractivity contribution in [1.82, 2.24) is 29.2 Å². The number of nitrogens with zero attached hydrogens (tertiary/aromatic N) is 5. The third-order valence-electron chi connectivity index (χ3n) is 5.49. The molecule has 0 aliphatic carbocycles. The fraction of sp³-hybridized carbons (Fsp3) is 0.500. The summed E-state index contributed by atoms with van der Waals surface area (Å²) < 4.78 is 15.9. The number of hydrogen-bond donors (Lipinski definition) is 1. The highest BCUT2D eigenvalue weighted by atomic mass is 19.1. The van der Waals surface area contributed by atoms with Crippen LogP contribution in [0, 0.1) is 0 Å². The molecule has 5 rings (SSSR count). The molecule has 5 heterocycles. The van der Waals surface area contributed by atoms with Crippen LogP contribution in [0.1, 0.15) is 31.4 Å². The highest BCUT2D eigenvalue weighted by molar-refractivity contribution is 5.76. The van der Waals surface area contributed by atoms with Crippen LogP contribution < -0.4 is 0 Å². The van der Waals surface area contributed by atoms with Gasteiger partial charge in [0.2, 0.25) is 0 Å². The number of hydrogen-bond acceptors (Lipinski definition) is 3. The first-order valence-electron chi connectivity index (χ1n) is 9.04. The van der Waals surface area contributed by atoms with Crippen molar-refractivity contribution >= 4 is 22.8 Å². The Morgan fingerprint density at radius 1 is 1.31 bits per heavy atom. The summed E-state index contributed by atoms with van der Waals surface area (Å²) in [6.45, 7) is 3.30. The van der Waals surface area contributed by atoms with Crippen molar-refractivity contribution in [3.05, 3.63) is 30.4 Å². The van der Waals surface area contributed by atoms with Crippen LogP contribution in [0.25, 0.3) is 16.8 Å². The fourth-order valence-electron chi connectivity index (χ4n) is 4.26. The second-order valence-corrected chi connectivity index (χ2v) is 7.68. The molecular formula is C18H21FN6O. The Kier molecular flexibility index (Phi) is 3.26. The van der Waals surface area contributed by atoms with Crippen molar-refractivity contribution in [3.8, 4) is 0 Å². The number of nitrogens with one attached hydrogen (secondary N) is 1. The van der Waals surface area contributed by atoms with Gasteiger partial charge in [-0.1, -0.05) is 0 Å². The summed E-state index contributed by atoms with van der Waals surface area (Å²) >= 11 is 0. The van der Waals surface area contributed by atoms with Gasteiger partial charge >= 0.3 is 6.03 Å². The summed E-state index contributed by atoms with van der Waals surface area (Å²) in [4.78, 5) is 28.1. The number of alkyl halides is 1. The van der Waals surface area contributed by atoms with E-state index in [1.165, 1.54) is 0 Å². The van der Waals surface area contributed by atoms with Crippen LogP contribution in [0.4, 0.5) is 9.18 Å². The number of imidazole rings is 1. The summed E-state index contributed by atoms with van der Waals surface area (Å²) in [5, 5.41) is 0. The van der Waals surface area contributed by atoms with E-state index in [1.54, 1.807) is 18.0 Å². The summed E-state index contributed by atoms with van der Waals surface area (Å²) in [5.74, 6) is 0.209. The van der Waals surface area contributed by atoms with E-state index >= 15 is 0 Å². The van der Waals surface area contributed by atoms with Gasteiger partial charge in [0.25, 0.3) is 0 Å². The lowest BCUT2D eigenvalue weighted by Gasteiger charge is -2.45. The number of fused-ring (bicyclic) bond motifs is 3. The zero-order valence-corrected chi connectivity index (χ0v) is 14.7. The Balaban J connectivity index is 1.43. The van der Waals surface area contributed by atoms with E-state index in [0.29, 0.717) is 6.54 Å². The van der Waals surface area contributed by atoms with E-state index in [-0.39, 0.29) is 25.0 Å². The van der Waals surface area contributed by atoms with Crippen LogP contribution in [0.2, 0.25) is 0 Å². The number of rotatable bonds is 1. The lowest BCUT2D eigenvalue weighted by atomic mass is 9.94. The number of aromatic amines is 1. The zero-order valence-electron chi connectivity index (χ0n) is 14.7. The van der Waals surface area contributed by atoms with E-state index in [2.05, 4.69) is 19.4 Å². The lowest BCUT2D eigenvalue weighted by molar-refractivity contribution is -0.00340. The van der Waals surface area contributed by atoms with Gasteiger partial charge in [-0.15, -0.1) is 0 Å². The maximum atomic E-state index is 13.7. The van der Waals surface area contributed by atoms with E-state index in [0.717, 1.165) is 41.9 Å². The average Bonchev–Trinajstić information content (AvgIpc) is 3.24. The molecule has 26 heavy (non-hydrogen) atoms. The standard InChI is InChI=1S/C18H21FN6O/c1-18(19)10-24(11-18)17(26)23-6-2-3-12(9-23)14-7-21-15-8-22-16-13(25(14)15)4-5-20-16/h4-5,7-8,12,20H,2-3,6,9-11H2,1H3/t12-/m0/s1. The molecule has 1 N–H and O–H groups in total. The van der Waals surface area contributed by atoms with Gasteiger partial charge in [-0.3, -0.25) is 4.40 Å². The molecule has 3 aromatic rings. The highest BCUT2D eigenvalue weighted by Gasteiger charge is 2.43. The fourth-order valence-corrected chi connectivity index (χ4v) is 4.26. The van der Waals surface area contributed by atoms with Gasteiger partial charge < -0.3 is 14.8 Å². The number of halogens is 1. The molecule has 2 fully saturated rings. The Labute approximate surface area is 149 Å². The number of amides is 2. The van der Waals surface area contributed by atoms with Gasteiger partial charge in [0.15, 0.2) is 11.3 Å². The number of piperidine rings is 1. The van der Waals surface area contributed by atoms with Gasteiger partial charge in [-0.2, -0.15) is 0 Å². The normalized spacial score (nSPS) is 22.8. The number of carbonyl (C=O) groups is 1. The quantitative estimate of drug-likeness (QED) is 0.728. The SMILES string of the molecule is CC1(F)CN(C(=O)N2CCC[C@H](c3cnc4cnc5[nH]ccc5n34)C2)C1. The topological polar surface area (TPSA) is 69.5 Å². The summed E-state index contributed by atoms with van der Waals surface area (Å²) in [5.41, 5.74) is 2.49. The van der Waals surface area contributed by atoms with Crippen molar-refractivity contribution in [2.45, 2.75) is 31.4 Å². The minimum Gasteiger partial charge on any atom is -0.345 e. The molecule has 0 bridgehead atoms. The average molecular weight is 356 g/mol. The number of carbonyl (C=O) groups excluding carboxylic acids is 1. The maximum absolute atomic E-state index is 13.7. The molecule has 0 unspecified atom stereocenters. The highest BCUT2D eigenvalue weighted by Crippen LogP contribution is 2.31. The molecule has 2 aliphatic rings. The zero-order chi connectivity index (χ0) is 17.9. The first kappa shape index (κ1) is 15.6. The van der Waals surface area contributed by atoms with E-state index in [9.17, 15) is 9.18 Å². The molecule has 7 nitrogen and oxygen atoms in total. The van der Waals surface area contributed by atoms with Gasteiger partial charge in [-0.25, -0.2) is 19.2 Å². The van der Waals surface area contributed by atoms with Gasteiger partial charge in [-0.05, 0) is 25.8 Å². The molecule has 2 amide bonds. The molecule has 0 spiro atoms.